The van der Waals surface area contributed by atoms with Crippen LogP contribution in [0.15, 0.2) is 81.8 Å². The molecule has 0 aliphatic heterocycles. The highest BCUT2D eigenvalue weighted by molar-refractivity contribution is 9.10. The molecule has 4 rings (SSSR count). The fourth-order valence-electron chi connectivity index (χ4n) is 2.96. The molecule has 30 heavy (non-hydrogen) atoms. The van der Waals surface area contributed by atoms with Gasteiger partial charge in [0, 0.05) is 15.6 Å². The summed E-state index contributed by atoms with van der Waals surface area (Å²) in [6, 6.07) is 18.7. The van der Waals surface area contributed by atoms with Gasteiger partial charge in [-0.05, 0) is 42.5 Å². The molecular formula is C23H16BrFN2O3. The van der Waals surface area contributed by atoms with Crippen LogP contribution >= 0.6 is 15.9 Å². The number of benzene rings is 3. The van der Waals surface area contributed by atoms with Gasteiger partial charge in [0.05, 0.1) is 24.6 Å². The lowest BCUT2D eigenvalue weighted by Crippen LogP contribution is -2.14. The summed E-state index contributed by atoms with van der Waals surface area (Å²) in [7, 11) is 1.59. The number of ether oxygens (including phenoxy) is 1. The zero-order valence-corrected chi connectivity index (χ0v) is 17.4. The average molecular weight is 467 g/mol. The maximum absolute atomic E-state index is 14.1. The number of halogens is 2. The van der Waals surface area contributed by atoms with Crippen molar-refractivity contribution in [3.8, 4) is 28.5 Å². The van der Waals surface area contributed by atoms with Crippen molar-refractivity contribution in [1.29, 1.82) is 0 Å². The van der Waals surface area contributed by atoms with Crippen molar-refractivity contribution in [1.82, 2.24) is 4.98 Å². The first-order chi connectivity index (χ1) is 14.5. The molecule has 0 saturated carbocycles. The molecule has 0 spiro atoms. The van der Waals surface area contributed by atoms with Gasteiger partial charge in [-0.1, -0.05) is 40.2 Å². The Kier molecular flexibility index (Phi) is 5.63. The smallest absolute Gasteiger partial charge is 0.256 e. The second-order valence-corrected chi connectivity index (χ2v) is 7.30. The number of rotatable bonds is 5. The highest BCUT2D eigenvalue weighted by Crippen LogP contribution is 2.30. The Labute approximate surface area is 180 Å². The van der Waals surface area contributed by atoms with E-state index in [-0.39, 0.29) is 11.6 Å². The van der Waals surface area contributed by atoms with E-state index in [9.17, 15) is 9.18 Å². The van der Waals surface area contributed by atoms with E-state index in [1.165, 1.54) is 12.1 Å². The van der Waals surface area contributed by atoms with Crippen molar-refractivity contribution >= 4 is 27.5 Å². The summed E-state index contributed by atoms with van der Waals surface area (Å²) in [4.78, 5) is 17.2. The third kappa shape index (κ3) is 4.11. The maximum Gasteiger partial charge on any atom is 0.256 e. The zero-order chi connectivity index (χ0) is 21.1. The summed E-state index contributed by atoms with van der Waals surface area (Å²) in [6.07, 6.45) is 1.59. The number of anilines is 1. The zero-order valence-electron chi connectivity index (χ0n) is 15.9. The summed E-state index contributed by atoms with van der Waals surface area (Å²) in [5.74, 6) is 0.522. The predicted molar refractivity (Wildman–Crippen MR) is 116 cm³/mol. The van der Waals surface area contributed by atoms with Crippen LogP contribution in [-0.4, -0.2) is 18.0 Å². The van der Waals surface area contributed by atoms with Gasteiger partial charge >= 0.3 is 0 Å². The lowest BCUT2D eigenvalue weighted by Gasteiger charge is -2.09. The molecule has 0 fully saturated rings. The second kappa shape index (κ2) is 8.51. The standard InChI is InChI=1S/C23H16BrFN2O3/c1-29-16-6-4-5-14(11-16)21-13-26-23(30-21)18-8-3-2-7-17(18)22(28)27-20-10-9-15(24)12-19(20)25/h2-13H,1H3,(H,27,28). The molecule has 0 unspecified atom stereocenters. The molecule has 0 aliphatic rings. The fourth-order valence-corrected chi connectivity index (χ4v) is 3.29. The Balaban J connectivity index is 1.65. The maximum atomic E-state index is 14.1. The van der Waals surface area contributed by atoms with Gasteiger partial charge in [0.15, 0.2) is 5.76 Å². The summed E-state index contributed by atoms with van der Waals surface area (Å²) in [6.45, 7) is 0. The molecular weight excluding hydrogens is 451 g/mol. The Hall–Kier alpha value is -3.45. The molecule has 0 radical (unpaired) electrons. The fraction of sp³-hybridized carbons (Fsp3) is 0.0435. The van der Waals surface area contributed by atoms with Gasteiger partial charge < -0.3 is 14.5 Å². The van der Waals surface area contributed by atoms with Crippen LogP contribution in [0.4, 0.5) is 10.1 Å². The van der Waals surface area contributed by atoms with E-state index in [4.69, 9.17) is 9.15 Å². The molecule has 7 heteroatoms. The van der Waals surface area contributed by atoms with Crippen molar-refractivity contribution in [2.45, 2.75) is 0 Å². The lowest BCUT2D eigenvalue weighted by atomic mass is 10.1. The van der Waals surface area contributed by atoms with Crippen molar-refractivity contribution < 1.29 is 18.3 Å². The van der Waals surface area contributed by atoms with Gasteiger partial charge in [0.25, 0.3) is 5.91 Å². The Morgan fingerprint density at radius 2 is 1.93 bits per heavy atom. The molecule has 4 aromatic rings. The molecule has 5 nitrogen and oxygen atoms in total. The van der Waals surface area contributed by atoms with E-state index >= 15 is 0 Å². The summed E-state index contributed by atoms with van der Waals surface area (Å²) >= 11 is 3.20. The van der Waals surface area contributed by atoms with E-state index < -0.39 is 11.7 Å². The average Bonchev–Trinajstić information content (AvgIpc) is 3.26. The van der Waals surface area contributed by atoms with E-state index in [1.807, 2.05) is 24.3 Å². The van der Waals surface area contributed by atoms with E-state index in [0.717, 1.165) is 5.56 Å². The van der Waals surface area contributed by atoms with E-state index in [2.05, 4.69) is 26.2 Å². The largest absolute Gasteiger partial charge is 0.497 e. The van der Waals surface area contributed by atoms with E-state index in [0.29, 0.717) is 27.1 Å². The third-order valence-electron chi connectivity index (χ3n) is 4.44. The van der Waals surface area contributed by atoms with Crippen LogP contribution in [0.1, 0.15) is 10.4 Å². The minimum atomic E-state index is -0.536. The Bertz CT molecular complexity index is 1220. The molecule has 1 amide bonds. The van der Waals surface area contributed by atoms with Crippen molar-refractivity contribution in [2.75, 3.05) is 12.4 Å². The first kappa shape index (κ1) is 19.8. The van der Waals surface area contributed by atoms with E-state index in [1.54, 1.807) is 43.6 Å². The Morgan fingerprint density at radius 3 is 2.73 bits per heavy atom. The summed E-state index contributed by atoms with van der Waals surface area (Å²) < 4.78 is 25.9. The summed E-state index contributed by atoms with van der Waals surface area (Å²) in [5.41, 5.74) is 1.70. The van der Waals surface area contributed by atoms with Gasteiger partial charge in [-0.15, -0.1) is 0 Å². The highest BCUT2D eigenvalue weighted by atomic mass is 79.9. The Morgan fingerprint density at radius 1 is 1.10 bits per heavy atom. The van der Waals surface area contributed by atoms with Crippen LogP contribution < -0.4 is 10.1 Å². The number of methoxy groups -OCH3 is 1. The monoisotopic (exact) mass is 466 g/mol. The van der Waals surface area contributed by atoms with Crippen molar-refractivity contribution in [3.63, 3.8) is 0 Å². The second-order valence-electron chi connectivity index (χ2n) is 6.39. The van der Waals surface area contributed by atoms with Crippen LogP contribution in [-0.2, 0) is 0 Å². The van der Waals surface area contributed by atoms with Gasteiger partial charge in [-0.25, -0.2) is 9.37 Å². The topological polar surface area (TPSA) is 64.4 Å². The number of nitrogens with zero attached hydrogens (tertiary/aromatic N) is 1. The van der Waals surface area contributed by atoms with Crippen LogP contribution in [0.5, 0.6) is 5.75 Å². The van der Waals surface area contributed by atoms with Crippen molar-refractivity contribution in [3.05, 3.63) is 88.8 Å². The number of aromatic nitrogens is 1. The number of nitrogens with one attached hydrogen (secondary N) is 1. The molecule has 0 atom stereocenters. The predicted octanol–water partition coefficient (Wildman–Crippen LogP) is 6.17. The first-order valence-corrected chi connectivity index (χ1v) is 9.80. The minimum Gasteiger partial charge on any atom is -0.497 e. The highest BCUT2D eigenvalue weighted by Gasteiger charge is 2.18. The minimum absolute atomic E-state index is 0.0856. The van der Waals surface area contributed by atoms with Gasteiger partial charge in [0.1, 0.15) is 11.6 Å². The number of hydrogen-bond donors (Lipinski definition) is 1. The SMILES string of the molecule is COc1cccc(-c2cnc(-c3ccccc3C(=O)Nc3ccc(Br)cc3F)o2)c1. The molecule has 1 aromatic heterocycles. The first-order valence-electron chi connectivity index (χ1n) is 9.01. The van der Waals surface area contributed by atoms with Crippen LogP contribution in [0.25, 0.3) is 22.8 Å². The number of carbonyl (C=O) groups is 1. The van der Waals surface area contributed by atoms with Crippen LogP contribution in [0.3, 0.4) is 0 Å². The van der Waals surface area contributed by atoms with Gasteiger partial charge in [-0.3, -0.25) is 4.79 Å². The third-order valence-corrected chi connectivity index (χ3v) is 4.93. The molecule has 150 valence electrons. The van der Waals surface area contributed by atoms with Crippen molar-refractivity contribution in [2.24, 2.45) is 0 Å². The quantitative estimate of drug-likeness (QED) is 0.381. The number of oxazole rings is 1. The molecule has 3 aromatic carbocycles. The summed E-state index contributed by atoms with van der Waals surface area (Å²) in [5, 5.41) is 2.60. The number of amides is 1. The lowest BCUT2D eigenvalue weighted by molar-refractivity contribution is 0.102. The molecule has 1 heterocycles. The van der Waals surface area contributed by atoms with Crippen LogP contribution in [0, 0.1) is 5.82 Å². The van der Waals surface area contributed by atoms with Gasteiger partial charge in [-0.2, -0.15) is 0 Å². The molecule has 0 aliphatic carbocycles. The molecule has 0 bridgehead atoms. The number of hydrogen-bond acceptors (Lipinski definition) is 4. The molecule has 0 saturated heterocycles. The van der Waals surface area contributed by atoms with Crippen LogP contribution in [0.2, 0.25) is 0 Å². The normalized spacial score (nSPS) is 10.6. The number of carbonyl (C=O) groups excluding carboxylic acids is 1. The molecule has 1 N–H and O–H groups in total. The van der Waals surface area contributed by atoms with Gasteiger partial charge in [0.2, 0.25) is 5.89 Å².